The molecule has 0 saturated heterocycles. The van der Waals surface area contributed by atoms with Crippen molar-refractivity contribution in [3.63, 3.8) is 0 Å². The highest BCUT2D eigenvalue weighted by atomic mass is 16.4. The molecule has 0 aromatic rings. The zero-order valence-corrected chi connectivity index (χ0v) is 8.29. The van der Waals surface area contributed by atoms with Crippen LogP contribution in [0, 0.1) is 5.41 Å². The maximum atomic E-state index is 11.3. The van der Waals surface area contributed by atoms with Crippen molar-refractivity contribution in [2.45, 2.75) is 27.2 Å². The Morgan fingerprint density at radius 1 is 1.54 bits per heavy atom. The molecule has 0 radical (unpaired) electrons. The fourth-order valence-electron chi connectivity index (χ4n) is 0.619. The number of rotatable bonds is 3. The molecule has 0 aliphatic rings. The SMILES string of the molecule is CC(C)(C)C(=O)NCCC(N)=NO. The number of hydrogen-bond acceptors (Lipinski definition) is 3. The van der Waals surface area contributed by atoms with E-state index in [9.17, 15) is 4.79 Å². The molecule has 5 heteroatoms. The number of amides is 1. The van der Waals surface area contributed by atoms with Gasteiger partial charge in [0.15, 0.2) is 0 Å². The lowest BCUT2D eigenvalue weighted by molar-refractivity contribution is -0.128. The van der Waals surface area contributed by atoms with Crippen molar-refractivity contribution in [2.24, 2.45) is 16.3 Å². The molecule has 0 heterocycles. The van der Waals surface area contributed by atoms with Crippen LogP contribution in [0.15, 0.2) is 5.16 Å². The second kappa shape index (κ2) is 4.69. The van der Waals surface area contributed by atoms with Crippen molar-refractivity contribution >= 4 is 11.7 Å². The van der Waals surface area contributed by atoms with E-state index in [2.05, 4.69) is 10.5 Å². The monoisotopic (exact) mass is 187 g/mol. The quantitative estimate of drug-likeness (QED) is 0.257. The van der Waals surface area contributed by atoms with Crippen LogP contribution in [-0.2, 0) is 4.79 Å². The highest BCUT2D eigenvalue weighted by Gasteiger charge is 2.20. The highest BCUT2D eigenvalue weighted by molar-refractivity contribution is 5.83. The molecule has 0 saturated carbocycles. The van der Waals surface area contributed by atoms with Crippen LogP contribution in [-0.4, -0.2) is 23.5 Å². The highest BCUT2D eigenvalue weighted by Crippen LogP contribution is 2.11. The van der Waals surface area contributed by atoms with Crippen LogP contribution < -0.4 is 11.1 Å². The van der Waals surface area contributed by atoms with E-state index in [0.717, 1.165) is 0 Å². The Morgan fingerprint density at radius 3 is 2.46 bits per heavy atom. The minimum Gasteiger partial charge on any atom is -0.409 e. The van der Waals surface area contributed by atoms with Gasteiger partial charge < -0.3 is 16.3 Å². The molecule has 0 aromatic heterocycles. The fraction of sp³-hybridized carbons (Fsp3) is 0.750. The van der Waals surface area contributed by atoms with E-state index in [1.807, 2.05) is 20.8 Å². The average Bonchev–Trinajstić information content (AvgIpc) is 2.02. The van der Waals surface area contributed by atoms with Gasteiger partial charge in [-0.3, -0.25) is 4.79 Å². The summed E-state index contributed by atoms with van der Waals surface area (Å²) in [4.78, 5) is 11.3. The number of carbonyl (C=O) groups is 1. The molecular weight excluding hydrogens is 170 g/mol. The molecule has 0 unspecified atom stereocenters. The Kier molecular flexibility index (Phi) is 4.23. The van der Waals surface area contributed by atoms with Crippen molar-refractivity contribution in [2.75, 3.05) is 6.54 Å². The van der Waals surface area contributed by atoms with Gasteiger partial charge in [0, 0.05) is 18.4 Å². The minimum atomic E-state index is -0.398. The summed E-state index contributed by atoms with van der Waals surface area (Å²) in [6.07, 6.45) is 0.359. The van der Waals surface area contributed by atoms with Crippen molar-refractivity contribution in [3.05, 3.63) is 0 Å². The third-order valence-electron chi connectivity index (χ3n) is 1.48. The maximum absolute atomic E-state index is 11.3. The third-order valence-corrected chi connectivity index (χ3v) is 1.48. The Labute approximate surface area is 78.0 Å². The molecule has 0 aromatic carbocycles. The van der Waals surface area contributed by atoms with E-state index >= 15 is 0 Å². The number of nitrogens with two attached hydrogens (primary N) is 1. The molecule has 0 rings (SSSR count). The molecule has 5 nitrogen and oxygen atoms in total. The summed E-state index contributed by atoms with van der Waals surface area (Å²) in [6.45, 7) is 5.87. The van der Waals surface area contributed by atoms with Crippen LogP contribution in [0.2, 0.25) is 0 Å². The topological polar surface area (TPSA) is 87.7 Å². The summed E-state index contributed by atoms with van der Waals surface area (Å²) in [5.41, 5.74) is 4.82. The minimum absolute atomic E-state index is 0.0433. The summed E-state index contributed by atoms with van der Waals surface area (Å²) in [7, 11) is 0. The predicted molar refractivity (Wildman–Crippen MR) is 50.5 cm³/mol. The summed E-state index contributed by atoms with van der Waals surface area (Å²) in [5, 5.41) is 13.7. The van der Waals surface area contributed by atoms with E-state index in [-0.39, 0.29) is 11.7 Å². The zero-order valence-electron chi connectivity index (χ0n) is 8.29. The number of nitrogens with zero attached hydrogens (tertiary/aromatic N) is 1. The summed E-state index contributed by atoms with van der Waals surface area (Å²) in [5.74, 6) is 0.0763. The first-order chi connectivity index (χ1) is 5.88. The van der Waals surface area contributed by atoms with Gasteiger partial charge in [-0.05, 0) is 0 Å². The Morgan fingerprint density at radius 2 is 2.08 bits per heavy atom. The molecule has 0 aliphatic heterocycles. The fourth-order valence-corrected chi connectivity index (χ4v) is 0.619. The van der Waals surface area contributed by atoms with E-state index in [4.69, 9.17) is 10.9 Å². The predicted octanol–water partition coefficient (Wildman–Crippen LogP) is 0.285. The molecule has 13 heavy (non-hydrogen) atoms. The van der Waals surface area contributed by atoms with Gasteiger partial charge in [0.2, 0.25) is 5.91 Å². The lowest BCUT2D eigenvalue weighted by Gasteiger charge is -2.17. The van der Waals surface area contributed by atoms with Gasteiger partial charge >= 0.3 is 0 Å². The molecule has 4 N–H and O–H groups in total. The summed E-state index contributed by atoms with van der Waals surface area (Å²) in [6, 6.07) is 0. The largest absolute Gasteiger partial charge is 0.409 e. The van der Waals surface area contributed by atoms with E-state index < -0.39 is 5.41 Å². The van der Waals surface area contributed by atoms with Gasteiger partial charge in [0.1, 0.15) is 5.84 Å². The van der Waals surface area contributed by atoms with Crippen molar-refractivity contribution < 1.29 is 10.0 Å². The number of nitrogens with one attached hydrogen (secondary N) is 1. The third kappa shape index (κ3) is 5.05. The first kappa shape index (κ1) is 11.7. The van der Waals surface area contributed by atoms with E-state index in [0.29, 0.717) is 13.0 Å². The van der Waals surface area contributed by atoms with Crippen LogP contribution in [0.4, 0.5) is 0 Å². The second-order valence-corrected chi connectivity index (χ2v) is 3.85. The van der Waals surface area contributed by atoms with Crippen LogP contribution in [0.25, 0.3) is 0 Å². The van der Waals surface area contributed by atoms with Gasteiger partial charge in [0.05, 0.1) is 0 Å². The molecular formula is C8H17N3O2. The van der Waals surface area contributed by atoms with Gasteiger partial charge in [0.25, 0.3) is 0 Å². The van der Waals surface area contributed by atoms with Crippen LogP contribution >= 0.6 is 0 Å². The van der Waals surface area contributed by atoms with Gasteiger partial charge in [-0.15, -0.1) is 0 Å². The molecule has 0 fully saturated rings. The van der Waals surface area contributed by atoms with Crippen molar-refractivity contribution in [3.8, 4) is 0 Å². The smallest absolute Gasteiger partial charge is 0.225 e. The Bertz CT molecular complexity index is 206. The number of amidine groups is 1. The summed E-state index contributed by atoms with van der Waals surface area (Å²) >= 11 is 0. The summed E-state index contributed by atoms with van der Waals surface area (Å²) < 4.78 is 0. The molecule has 0 spiro atoms. The first-order valence-electron chi connectivity index (χ1n) is 4.12. The van der Waals surface area contributed by atoms with Gasteiger partial charge in [-0.1, -0.05) is 25.9 Å². The molecule has 0 bridgehead atoms. The molecule has 1 amide bonds. The van der Waals surface area contributed by atoms with Gasteiger partial charge in [-0.25, -0.2) is 0 Å². The Balaban J connectivity index is 3.73. The lowest BCUT2D eigenvalue weighted by atomic mass is 9.96. The standard InChI is InChI=1S/C8H17N3O2/c1-8(2,3)7(12)10-5-4-6(9)11-13/h13H,4-5H2,1-3H3,(H2,9,11)(H,10,12). The number of carbonyl (C=O) groups excluding carboxylic acids is 1. The zero-order chi connectivity index (χ0) is 10.5. The maximum Gasteiger partial charge on any atom is 0.225 e. The number of oxime groups is 1. The molecule has 0 atom stereocenters. The van der Waals surface area contributed by atoms with Crippen LogP contribution in [0.3, 0.4) is 0 Å². The second-order valence-electron chi connectivity index (χ2n) is 3.85. The van der Waals surface area contributed by atoms with Crippen LogP contribution in [0.1, 0.15) is 27.2 Å². The number of hydrogen-bond donors (Lipinski definition) is 3. The van der Waals surface area contributed by atoms with E-state index in [1.54, 1.807) is 0 Å². The Hall–Kier alpha value is -1.26. The van der Waals surface area contributed by atoms with Crippen molar-refractivity contribution in [1.29, 1.82) is 0 Å². The lowest BCUT2D eigenvalue weighted by Crippen LogP contribution is -2.36. The van der Waals surface area contributed by atoms with Crippen molar-refractivity contribution in [1.82, 2.24) is 5.32 Å². The molecule has 0 aliphatic carbocycles. The average molecular weight is 187 g/mol. The van der Waals surface area contributed by atoms with Gasteiger partial charge in [-0.2, -0.15) is 0 Å². The molecule has 76 valence electrons. The van der Waals surface area contributed by atoms with E-state index in [1.165, 1.54) is 0 Å². The normalized spacial score (nSPS) is 12.7. The first-order valence-corrected chi connectivity index (χ1v) is 4.12. The van der Waals surface area contributed by atoms with Crippen LogP contribution in [0.5, 0.6) is 0 Å².